The van der Waals surface area contributed by atoms with Gasteiger partial charge in [0.25, 0.3) is 11.5 Å². The fourth-order valence-electron chi connectivity index (χ4n) is 1.49. The van der Waals surface area contributed by atoms with Gasteiger partial charge in [-0.2, -0.15) is 0 Å². The lowest BCUT2D eigenvalue weighted by Crippen LogP contribution is -2.37. The van der Waals surface area contributed by atoms with Crippen molar-refractivity contribution < 1.29 is 13.2 Å². The van der Waals surface area contributed by atoms with Gasteiger partial charge in [-0.05, 0) is 13.0 Å². The molecule has 0 saturated heterocycles. The van der Waals surface area contributed by atoms with Gasteiger partial charge in [-0.15, -0.1) is 0 Å². The number of rotatable bonds is 4. The summed E-state index contributed by atoms with van der Waals surface area (Å²) >= 11 is 0. The monoisotopic (exact) mass is 272 g/mol. The maximum atomic E-state index is 11.8. The van der Waals surface area contributed by atoms with E-state index in [1.165, 1.54) is 22.9 Å². The highest BCUT2D eigenvalue weighted by molar-refractivity contribution is 7.90. The second-order valence-electron chi connectivity index (χ2n) is 4.33. The first-order chi connectivity index (χ1) is 8.19. The summed E-state index contributed by atoms with van der Waals surface area (Å²) < 4.78 is 23.5. The molecule has 1 unspecified atom stereocenters. The number of aromatic nitrogens is 1. The minimum absolute atomic E-state index is 0.135. The van der Waals surface area contributed by atoms with Crippen molar-refractivity contribution in [2.75, 3.05) is 12.0 Å². The number of hydrogen-bond acceptors (Lipinski definition) is 4. The first kappa shape index (κ1) is 14.4. The Bertz CT molecular complexity index is 604. The highest BCUT2D eigenvalue weighted by Gasteiger charge is 2.14. The molecule has 18 heavy (non-hydrogen) atoms. The van der Waals surface area contributed by atoms with E-state index < -0.39 is 21.8 Å². The molecule has 0 aliphatic heterocycles. The van der Waals surface area contributed by atoms with Gasteiger partial charge in [0.15, 0.2) is 0 Å². The lowest BCUT2D eigenvalue weighted by atomic mass is 10.2. The highest BCUT2D eigenvalue weighted by atomic mass is 32.2. The summed E-state index contributed by atoms with van der Waals surface area (Å²) in [5, 5.41) is 2.53. The number of nitrogens with one attached hydrogen (secondary N) is 1. The van der Waals surface area contributed by atoms with Crippen LogP contribution in [0.1, 0.15) is 17.3 Å². The van der Waals surface area contributed by atoms with Gasteiger partial charge in [-0.1, -0.05) is 0 Å². The third-order valence-electron chi connectivity index (χ3n) is 2.30. The average Bonchev–Trinajstić information content (AvgIpc) is 2.18. The SMILES string of the molecule is CC(CS(C)(=O)=O)NC(=O)c1ccn(C)c(=O)c1. The maximum Gasteiger partial charge on any atom is 0.251 e. The normalized spacial score (nSPS) is 13.1. The Kier molecular flexibility index (Phi) is 4.28. The number of nitrogens with zero attached hydrogens (tertiary/aromatic N) is 1. The van der Waals surface area contributed by atoms with Crippen molar-refractivity contribution in [2.45, 2.75) is 13.0 Å². The van der Waals surface area contributed by atoms with Crippen molar-refractivity contribution in [1.29, 1.82) is 0 Å². The zero-order chi connectivity index (χ0) is 13.9. The van der Waals surface area contributed by atoms with Gasteiger partial charge < -0.3 is 9.88 Å². The summed E-state index contributed by atoms with van der Waals surface area (Å²) in [6.45, 7) is 1.60. The van der Waals surface area contributed by atoms with Crippen LogP contribution in [0.3, 0.4) is 0 Å². The molecule has 0 aromatic carbocycles. The molecule has 7 heteroatoms. The molecule has 1 aromatic rings. The number of hydrogen-bond donors (Lipinski definition) is 1. The molecule has 0 fully saturated rings. The number of amides is 1. The van der Waals surface area contributed by atoms with Crippen LogP contribution in [0, 0.1) is 0 Å². The van der Waals surface area contributed by atoms with Crippen LogP contribution in [-0.4, -0.2) is 36.9 Å². The quantitative estimate of drug-likeness (QED) is 0.804. The van der Waals surface area contributed by atoms with Gasteiger partial charge >= 0.3 is 0 Å². The van der Waals surface area contributed by atoms with Crippen LogP contribution in [0.25, 0.3) is 0 Å². The molecule has 0 spiro atoms. The van der Waals surface area contributed by atoms with E-state index in [1.54, 1.807) is 14.0 Å². The maximum absolute atomic E-state index is 11.8. The third-order valence-corrected chi connectivity index (χ3v) is 3.40. The predicted octanol–water partition coefficient (Wildman–Crippen LogP) is -0.452. The molecule has 1 aromatic heterocycles. The van der Waals surface area contributed by atoms with Crippen LogP contribution < -0.4 is 10.9 Å². The first-order valence-electron chi connectivity index (χ1n) is 5.34. The van der Waals surface area contributed by atoms with Crippen LogP contribution in [0.4, 0.5) is 0 Å². The molecule has 0 radical (unpaired) electrons. The molecule has 6 nitrogen and oxygen atoms in total. The second-order valence-corrected chi connectivity index (χ2v) is 6.52. The zero-order valence-electron chi connectivity index (χ0n) is 10.5. The summed E-state index contributed by atoms with van der Waals surface area (Å²) in [6, 6.07) is 2.21. The molecule has 1 amide bonds. The second kappa shape index (κ2) is 5.34. The van der Waals surface area contributed by atoms with Crippen molar-refractivity contribution in [2.24, 2.45) is 7.05 Å². The van der Waals surface area contributed by atoms with Crippen molar-refractivity contribution >= 4 is 15.7 Å². The van der Waals surface area contributed by atoms with Crippen LogP contribution in [0.15, 0.2) is 23.1 Å². The first-order valence-corrected chi connectivity index (χ1v) is 7.40. The molecule has 0 aliphatic carbocycles. The van der Waals surface area contributed by atoms with Gasteiger partial charge in [0.1, 0.15) is 9.84 Å². The molecule has 100 valence electrons. The van der Waals surface area contributed by atoms with Crippen molar-refractivity contribution in [3.8, 4) is 0 Å². The minimum atomic E-state index is -3.15. The van der Waals surface area contributed by atoms with Crippen molar-refractivity contribution in [3.05, 3.63) is 34.2 Å². The van der Waals surface area contributed by atoms with Gasteiger partial charge in [0.2, 0.25) is 0 Å². The van der Waals surface area contributed by atoms with Gasteiger partial charge in [-0.25, -0.2) is 8.42 Å². The number of carbonyl (C=O) groups is 1. The summed E-state index contributed by atoms with van der Waals surface area (Å²) in [4.78, 5) is 23.1. The largest absolute Gasteiger partial charge is 0.349 e. The standard InChI is InChI=1S/C11H16N2O4S/c1-8(7-18(3,16)17)12-11(15)9-4-5-13(2)10(14)6-9/h4-6,8H,7H2,1-3H3,(H,12,15). The van der Waals surface area contributed by atoms with Crippen molar-refractivity contribution in [3.63, 3.8) is 0 Å². The molecule has 0 saturated carbocycles. The minimum Gasteiger partial charge on any atom is -0.349 e. The fraction of sp³-hybridized carbons (Fsp3) is 0.455. The van der Waals surface area contributed by atoms with E-state index in [2.05, 4.69) is 5.32 Å². The Morgan fingerprint density at radius 3 is 2.61 bits per heavy atom. The number of carbonyl (C=O) groups excluding carboxylic acids is 1. The fourth-order valence-corrected chi connectivity index (χ4v) is 2.48. The summed E-state index contributed by atoms with van der Waals surface area (Å²) in [5.41, 5.74) is -0.0723. The van der Waals surface area contributed by atoms with Gasteiger partial charge in [0.05, 0.1) is 5.75 Å². The van der Waals surface area contributed by atoms with Crippen LogP contribution in [-0.2, 0) is 16.9 Å². The Labute approximate surface area is 106 Å². The smallest absolute Gasteiger partial charge is 0.251 e. The number of pyridine rings is 1. The summed E-state index contributed by atoms with van der Waals surface area (Å²) in [6.07, 6.45) is 2.59. The van der Waals surface area contributed by atoms with E-state index in [-0.39, 0.29) is 16.9 Å². The molecule has 0 bridgehead atoms. The molecule has 0 aliphatic rings. The molecule has 1 N–H and O–H groups in total. The Morgan fingerprint density at radius 1 is 1.50 bits per heavy atom. The Balaban J connectivity index is 2.77. The Hall–Kier alpha value is -1.63. The van der Waals surface area contributed by atoms with Crippen molar-refractivity contribution in [1.82, 2.24) is 9.88 Å². The molecular weight excluding hydrogens is 256 g/mol. The van der Waals surface area contributed by atoms with E-state index in [4.69, 9.17) is 0 Å². The third kappa shape index (κ3) is 4.33. The highest BCUT2D eigenvalue weighted by Crippen LogP contribution is 1.97. The Morgan fingerprint density at radius 2 is 2.11 bits per heavy atom. The van der Waals surface area contributed by atoms with E-state index in [0.29, 0.717) is 0 Å². The van der Waals surface area contributed by atoms with Gasteiger partial charge in [0, 0.05) is 37.2 Å². The number of aryl methyl sites for hydroxylation is 1. The molecule has 1 heterocycles. The predicted molar refractivity (Wildman–Crippen MR) is 68.3 cm³/mol. The van der Waals surface area contributed by atoms with E-state index in [9.17, 15) is 18.0 Å². The summed E-state index contributed by atoms with van der Waals surface area (Å²) in [7, 11) is -1.57. The van der Waals surface area contributed by atoms with Crippen LogP contribution in [0.5, 0.6) is 0 Å². The zero-order valence-corrected chi connectivity index (χ0v) is 11.3. The van der Waals surface area contributed by atoms with E-state index in [1.807, 2.05) is 0 Å². The lowest BCUT2D eigenvalue weighted by Gasteiger charge is -2.12. The average molecular weight is 272 g/mol. The lowest BCUT2D eigenvalue weighted by molar-refractivity contribution is 0.0943. The van der Waals surface area contributed by atoms with Gasteiger partial charge in [-0.3, -0.25) is 9.59 Å². The van der Waals surface area contributed by atoms with Crippen LogP contribution >= 0.6 is 0 Å². The molecule has 1 rings (SSSR count). The summed E-state index contributed by atoms with van der Waals surface area (Å²) in [5.74, 6) is -0.590. The van der Waals surface area contributed by atoms with E-state index in [0.717, 1.165) is 6.26 Å². The molecule has 1 atom stereocenters. The van der Waals surface area contributed by atoms with Crippen LogP contribution in [0.2, 0.25) is 0 Å². The molecular formula is C11H16N2O4S. The number of sulfone groups is 1. The van der Waals surface area contributed by atoms with E-state index >= 15 is 0 Å². The topological polar surface area (TPSA) is 85.2 Å².